The first-order valence-electron chi connectivity index (χ1n) is 5.96. The number of amides is 1. The van der Waals surface area contributed by atoms with E-state index in [2.05, 4.69) is 10.3 Å². The van der Waals surface area contributed by atoms with Gasteiger partial charge >= 0.3 is 6.18 Å². The smallest absolute Gasteiger partial charge is 0.321 e. The molecule has 0 aliphatic carbocycles. The lowest BCUT2D eigenvalue weighted by atomic mass is 10.1. The number of nitrogens with zero attached hydrogens (tertiary/aromatic N) is 2. The predicted molar refractivity (Wildman–Crippen MR) is 75.3 cm³/mol. The first-order chi connectivity index (χ1) is 10.7. The van der Waals surface area contributed by atoms with E-state index in [1.165, 1.54) is 0 Å². The van der Waals surface area contributed by atoms with Crippen LogP contribution in [-0.4, -0.2) is 15.8 Å². The van der Waals surface area contributed by atoms with Crippen molar-refractivity contribution in [1.82, 2.24) is 4.98 Å². The highest BCUT2D eigenvalue weighted by Gasteiger charge is 2.35. The average molecular weight is 346 g/mol. The lowest BCUT2D eigenvalue weighted by Crippen LogP contribution is -2.19. The number of non-ortho nitro benzene ring substituents is 1. The molecular formula is C13H7ClF3N3O3. The number of nitrogens with one attached hydrogen (secondary N) is 1. The van der Waals surface area contributed by atoms with Crippen LogP contribution in [-0.2, 0) is 6.18 Å². The number of hydrogen-bond donors (Lipinski definition) is 1. The summed E-state index contributed by atoms with van der Waals surface area (Å²) in [5.74, 6) is -1.08. The van der Waals surface area contributed by atoms with E-state index in [0.29, 0.717) is 6.07 Å². The Hall–Kier alpha value is -2.68. The summed E-state index contributed by atoms with van der Waals surface area (Å²) in [5.41, 5.74) is -2.21. The van der Waals surface area contributed by atoms with Crippen molar-refractivity contribution in [3.63, 3.8) is 0 Å². The number of rotatable bonds is 3. The zero-order valence-electron chi connectivity index (χ0n) is 11.1. The molecular weight excluding hydrogens is 339 g/mol. The van der Waals surface area contributed by atoms with Gasteiger partial charge in [0, 0.05) is 24.5 Å². The molecule has 1 amide bonds. The molecule has 0 saturated carbocycles. The normalized spacial score (nSPS) is 11.1. The molecule has 0 saturated heterocycles. The largest absolute Gasteiger partial charge is 0.417 e. The van der Waals surface area contributed by atoms with E-state index in [1.54, 1.807) is 0 Å². The molecule has 23 heavy (non-hydrogen) atoms. The highest BCUT2D eigenvalue weighted by molar-refractivity contribution is 6.34. The van der Waals surface area contributed by atoms with Crippen LogP contribution in [0.5, 0.6) is 0 Å². The summed E-state index contributed by atoms with van der Waals surface area (Å²) in [4.78, 5) is 25.4. The van der Waals surface area contributed by atoms with Gasteiger partial charge in [0.2, 0.25) is 0 Å². The summed E-state index contributed by atoms with van der Waals surface area (Å²) >= 11 is 5.78. The van der Waals surface area contributed by atoms with Crippen LogP contribution in [0.3, 0.4) is 0 Å². The van der Waals surface area contributed by atoms with Crippen molar-refractivity contribution >= 4 is 28.9 Å². The van der Waals surface area contributed by atoms with Crippen LogP contribution in [0.1, 0.15) is 15.9 Å². The monoisotopic (exact) mass is 345 g/mol. The third-order valence-corrected chi connectivity index (χ3v) is 3.10. The lowest BCUT2D eigenvalue weighted by Gasteiger charge is -2.12. The number of nitro groups is 1. The Kier molecular flexibility index (Phi) is 4.50. The molecule has 6 nitrogen and oxygen atoms in total. The number of benzene rings is 1. The van der Waals surface area contributed by atoms with Crippen molar-refractivity contribution in [3.8, 4) is 0 Å². The molecule has 2 rings (SSSR count). The number of aromatic nitrogens is 1. The fourth-order valence-corrected chi connectivity index (χ4v) is 1.95. The molecule has 2 aromatic rings. The maximum Gasteiger partial charge on any atom is 0.417 e. The van der Waals surface area contributed by atoms with E-state index in [4.69, 9.17) is 11.6 Å². The number of nitro benzene ring substituents is 1. The molecule has 1 N–H and O–H groups in total. The van der Waals surface area contributed by atoms with Crippen LogP contribution in [0.2, 0.25) is 5.02 Å². The van der Waals surface area contributed by atoms with Gasteiger partial charge < -0.3 is 5.32 Å². The van der Waals surface area contributed by atoms with Gasteiger partial charge in [-0.2, -0.15) is 13.2 Å². The summed E-state index contributed by atoms with van der Waals surface area (Å²) in [7, 11) is 0. The first-order valence-corrected chi connectivity index (χ1v) is 6.34. The van der Waals surface area contributed by atoms with Crippen molar-refractivity contribution in [1.29, 1.82) is 0 Å². The highest BCUT2D eigenvalue weighted by Crippen LogP contribution is 2.32. The van der Waals surface area contributed by atoms with Gasteiger partial charge in [0.25, 0.3) is 11.6 Å². The third-order valence-electron chi connectivity index (χ3n) is 2.78. The number of pyridine rings is 1. The minimum atomic E-state index is -4.73. The van der Waals surface area contributed by atoms with E-state index < -0.39 is 28.1 Å². The Bertz CT molecular complexity index is 781. The molecule has 0 unspecified atom stereocenters. The zero-order chi connectivity index (χ0) is 17.2. The van der Waals surface area contributed by atoms with Crippen LogP contribution in [0, 0.1) is 10.1 Å². The van der Waals surface area contributed by atoms with E-state index in [-0.39, 0.29) is 16.4 Å². The number of carbonyl (C=O) groups excluding carboxylic acids is 1. The van der Waals surface area contributed by atoms with Gasteiger partial charge in [-0.25, -0.2) is 0 Å². The van der Waals surface area contributed by atoms with Crippen LogP contribution < -0.4 is 5.32 Å². The van der Waals surface area contributed by atoms with Crippen LogP contribution in [0.25, 0.3) is 0 Å². The predicted octanol–water partition coefficient (Wildman–Crippen LogP) is 3.91. The van der Waals surface area contributed by atoms with Crippen molar-refractivity contribution in [2.45, 2.75) is 6.18 Å². The number of hydrogen-bond acceptors (Lipinski definition) is 4. The summed E-state index contributed by atoms with van der Waals surface area (Å²) < 4.78 is 38.6. The molecule has 120 valence electrons. The molecule has 0 aliphatic rings. The molecule has 1 heterocycles. The highest BCUT2D eigenvalue weighted by atomic mass is 35.5. The molecule has 0 fully saturated rings. The molecule has 0 bridgehead atoms. The van der Waals surface area contributed by atoms with E-state index in [9.17, 15) is 28.1 Å². The van der Waals surface area contributed by atoms with E-state index in [0.717, 1.165) is 30.6 Å². The van der Waals surface area contributed by atoms with Gasteiger partial charge in [0.15, 0.2) is 0 Å². The fourth-order valence-electron chi connectivity index (χ4n) is 1.73. The number of anilines is 1. The van der Waals surface area contributed by atoms with Crippen LogP contribution in [0.4, 0.5) is 24.5 Å². The maximum atomic E-state index is 12.9. The van der Waals surface area contributed by atoms with Crippen LogP contribution >= 0.6 is 11.6 Å². The molecule has 10 heteroatoms. The first kappa shape index (κ1) is 16.7. The van der Waals surface area contributed by atoms with E-state index >= 15 is 0 Å². The van der Waals surface area contributed by atoms with Gasteiger partial charge in [0.05, 0.1) is 26.8 Å². The second-order valence-electron chi connectivity index (χ2n) is 4.29. The Morgan fingerprint density at radius 3 is 2.57 bits per heavy atom. The topological polar surface area (TPSA) is 85.1 Å². The molecule has 1 aromatic heterocycles. The van der Waals surface area contributed by atoms with E-state index in [1.807, 2.05) is 0 Å². The molecule has 0 radical (unpaired) electrons. The van der Waals surface area contributed by atoms with Crippen molar-refractivity contribution in [3.05, 3.63) is 62.9 Å². The summed E-state index contributed by atoms with van der Waals surface area (Å²) in [6, 6.07) is 3.84. The van der Waals surface area contributed by atoms with Gasteiger partial charge in [-0.15, -0.1) is 0 Å². The number of halogens is 4. The number of carbonyl (C=O) groups is 1. The Labute approximate surface area is 132 Å². The third kappa shape index (κ3) is 3.75. The standard InChI is InChI=1S/C13H7ClF3N3O3/c14-10-5-7(20(22)23)1-2-11(10)19-12(21)8-6-18-4-3-9(8)13(15,16)17/h1-6H,(H,19,21). The average Bonchev–Trinajstić information content (AvgIpc) is 2.48. The Morgan fingerprint density at radius 2 is 2.00 bits per heavy atom. The summed E-state index contributed by atoms with van der Waals surface area (Å²) in [5, 5.41) is 12.6. The minimum Gasteiger partial charge on any atom is -0.321 e. The van der Waals surface area contributed by atoms with Crippen molar-refractivity contribution in [2.75, 3.05) is 5.32 Å². The quantitative estimate of drug-likeness (QED) is 0.675. The maximum absolute atomic E-state index is 12.9. The second-order valence-corrected chi connectivity index (χ2v) is 4.70. The zero-order valence-corrected chi connectivity index (χ0v) is 11.9. The summed E-state index contributed by atoms with van der Waals surface area (Å²) in [6.45, 7) is 0. The van der Waals surface area contributed by atoms with Crippen molar-refractivity contribution < 1.29 is 22.9 Å². The minimum absolute atomic E-state index is 0.0563. The van der Waals surface area contributed by atoms with Crippen LogP contribution in [0.15, 0.2) is 36.7 Å². The number of alkyl halides is 3. The Morgan fingerprint density at radius 1 is 1.30 bits per heavy atom. The van der Waals surface area contributed by atoms with Gasteiger partial charge in [-0.3, -0.25) is 19.9 Å². The van der Waals surface area contributed by atoms with Gasteiger partial charge in [-0.1, -0.05) is 11.6 Å². The summed E-state index contributed by atoms with van der Waals surface area (Å²) in [6.07, 6.45) is -3.04. The molecule has 0 spiro atoms. The molecule has 0 aliphatic heterocycles. The fraction of sp³-hybridized carbons (Fsp3) is 0.0769. The lowest BCUT2D eigenvalue weighted by molar-refractivity contribution is -0.384. The molecule has 0 atom stereocenters. The van der Waals surface area contributed by atoms with Gasteiger partial charge in [0.1, 0.15) is 0 Å². The van der Waals surface area contributed by atoms with Gasteiger partial charge in [-0.05, 0) is 12.1 Å². The van der Waals surface area contributed by atoms with Crippen molar-refractivity contribution in [2.24, 2.45) is 0 Å². The Balaban J connectivity index is 2.32. The second kappa shape index (κ2) is 6.21. The SMILES string of the molecule is O=C(Nc1ccc([N+](=O)[O-])cc1Cl)c1cnccc1C(F)(F)F. The molecule has 1 aromatic carbocycles.